The van der Waals surface area contributed by atoms with Crippen LogP contribution >= 0.6 is 11.6 Å². The van der Waals surface area contributed by atoms with E-state index in [0.29, 0.717) is 16.5 Å². The molecule has 3 rings (SSSR count). The van der Waals surface area contributed by atoms with Gasteiger partial charge in [0, 0.05) is 5.39 Å². The Bertz CT molecular complexity index is 964. The molecule has 0 unspecified atom stereocenters. The van der Waals surface area contributed by atoms with E-state index in [2.05, 4.69) is 5.10 Å². The Hall–Kier alpha value is -2.34. The van der Waals surface area contributed by atoms with Crippen LogP contribution in [-0.2, 0) is 6.18 Å². The molecule has 23 heavy (non-hydrogen) atoms. The Morgan fingerprint density at radius 1 is 1.09 bits per heavy atom. The lowest BCUT2D eigenvalue weighted by Gasteiger charge is -2.12. The van der Waals surface area contributed by atoms with Crippen LogP contribution in [0.3, 0.4) is 0 Å². The van der Waals surface area contributed by atoms with E-state index < -0.39 is 17.3 Å². The summed E-state index contributed by atoms with van der Waals surface area (Å²) in [5, 5.41) is 5.09. The fourth-order valence-electron chi connectivity index (χ4n) is 2.37. The average molecular weight is 339 g/mol. The number of hydrogen-bond acceptors (Lipinski definition) is 2. The molecule has 7 heteroatoms. The Morgan fingerprint density at radius 2 is 1.74 bits per heavy atom. The number of fused-ring (bicyclic) bond motifs is 1. The normalized spacial score (nSPS) is 11.9. The summed E-state index contributed by atoms with van der Waals surface area (Å²) in [6.45, 7) is 1.72. The standard InChI is InChI=1S/C16H10ClF3N2O/c1-9-11-4-2-3-5-12(11)15(23)22(21-9)14-7-6-10(8-13(14)17)16(18,19)20/h2-8H,1H3. The minimum Gasteiger partial charge on any atom is -0.267 e. The first-order chi connectivity index (χ1) is 10.8. The summed E-state index contributed by atoms with van der Waals surface area (Å²) < 4.78 is 39.2. The van der Waals surface area contributed by atoms with E-state index in [9.17, 15) is 18.0 Å². The highest BCUT2D eigenvalue weighted by molar-refractivity contribution is 6.32. The second kappa shape index (κ2) is 5.38. The predicted octanol–water partition coefficient (Wildman–Crippen LogP) is 4.37. The molecule has 0 saturated carbocycles. The summed E-state index contributed by atoms with van der Waals surface area (Å²) in [5.41, 5.74) is -0.626. The van der Waals surface area contributed by atoms with Crippen LogP contribution < -0.4 is 5.56 Å². The van der Waals surface area contributed by atoms with Crippen molar-refractivity contribution in [2.75, 3.05) is 0 Å². The molecule has 0 atom stereocenters. The van der Waals surface area contributed by atoms with E-state index in [1.54, 1.807) is 31.2 Å². The van der Waals surface area contributed by atoms with Crippen LogP contribution in [0.15, 0.2) is 47.3 Å². The van der Waals surface area contributed by atoms with Gasteiger partial charge in [-0.15, -0.1) is 0 Å². The second-order valence-corrected chi connectivity index (χ2v) is 5.42. The molecule has 0 fully saturated rings. The van der Waals surface area contributed by atoms with Crippen LogP contribution in [0.25, 0.3) is 16.5 Å². The SMILES string of the molecule is Cc1nn(-c2ccc(C(F)(F)F)cc2Cl)c(=O)c2ccccc12. The van der Waals surface area contributed by atoms with Gasteiger partial charge in [0.25, 0.3) is 5.56 Å². The zero-order valence-electron chi connectivity index (χ0n) is 11.9. The van der Waals surface area contributed by atoms with Crippen molar-refractivity contribution in [3.05, 3.63) is 69.1 Å². The number of hydrogen-bond donors (Lipinski definition) is 0. The number of halogens is 4. The van der Waals surface area contributed by atoms with Gasteiger partial charge < -0.3 is 0 Å². The number of aryl methyl sites for hydroxylation is 1. The van der Waals surface area contributed by atoms with E-state index >= 15 is 0 Å². The molecule has 118 valence electrons. The van der Waals surface area contributed by atoms with Crippen LogP contribution in [0.5, 0.6) is 0 Å². The van der Waals surface area contributed by atoms with Crippen LogP contribution in [-0.4, -0.2) is 9.78 Å². The van der Waals surface area contributed by atoms with Gasteiger partial charge in [0.15, 0.2) is 0 Å². The molecule has 1 aromatic heterocycles. The van der Waals surface area contributed by atoms with Crippen LogP contribution in [0.1, 0.15) is 11.3 Å². The molecule has 0 spiro atoms. The summed E-state index contributed by atoms with van der Waals surface area (Å²) in [6, 6.07) is 9.70. The predicted molar refractivity (Wildman–Crippen MR) is 82.1 cm³/mol. The summed E-state index contributed by atoms with van der Waals surface area (Å²) in [6.07, 6.45) is -4.50. The number of aromatic nitrogens is 2. The van der Waals surface area contributed by atoms with Crippen molar-refractivity contribution in [2.24, 2.45) is 0 Å². The van der Waals surface area contributed by atoms with E-state index in [-0.39, 0.29) is 10.7 Å². The largest absolute Gasteiger partial charge is 0.416 e. The van der Waals surface area contributed by atoms with Gasteiger partial charge in [-0.05, 0) is 31.2 Å². The lowest BCUT2D eigenvalue weighted by Crippen LogP contribution is -2.23. The first-order valence-electron chi connectivity index (χ1n) is 6.65. The highest BCUT2D eigenvalue weighted by Gasteiger charge is 2.31. The Morgan fingerprint density at radius 3 is 2.35 bits per heavy atom. The van der Waals surface area contributed by atoms with Gasteiger partial charge in [-0.2, -0.15) is 23.0 Å². The summed E-state index contributed by atoms with van der Waals surface area (Å²) in [5.74, 6) is 0. The maximum Gasteiger partial charge on any atom is 0.416 e. The van der Waals surface area contributed by atoms with Gasteiger partial charge in [-0.1, -0.05) is 29.8 Å². The molecule has 3 aromatic rings. The highest BCUT2D eigenvalue weighted by Crippen LogP contribution is 2.32. The summed E-state index contributed by atoms with van der Waals surface area (Å²) >= 11 is 5.95. The van der Waals surface area contributed by atoms with Crippen molar-refractivity contribution in [1.29, 1.82) is 0 Å². The molecule has 0 saturated heterocycles. The third-order valence-electron chi connectivity index (χ3n) is 3.49. The molecular formula is C16H10ClF3N2O. The molecule has 0 aliphatic carbocycles. The maximum absolute atomic E-state index is 12.7. The van der Waals surface area contributed by atoms with Gasteiger partial charge >= 0.3 is 6.18 Å². The molecular weight excluding hydrogens is 329 g/mol. The third kappa shape index (κ3) is 2.70. The monoisotopic (exact) mass is 338 g/mol. The third-order valence-corrected chi connectivity index (χ3v) is 3.80. The van der Waals surface area contributed by atoms with E-state index in [1.165, 1.54) is 0 Å². The van der Waals surface area contributed by atoms with Crippen LogP contribution in [0, 0.1) is 6.92 Å². The van der Waals surface area contributed by atoms with Crippen molar-refractivity contribution in [1.82, 2.24) is 9.78 Å². The lowest BCUT2D eigenvalue weighted by atomic mass is 10.1. The zero-order chi connectivity index (χ0) is 16.8. The highest BCUT2D eigenvalue weighted by atomic mass is 35.5. The topological polar surface area (TPSA) is 34.9 Å². The number of benzene rings is 2. The van der Waals surface area contributed by atoms with Crippen LogP contribution in [0.2, 0.25) is 5.02 Å². The first-order valence-corrected chi connectivity index (χ1v) is 7.02. The fourth-order valence-corrected chi connectivity index (χ4v) is 2.63. The Balaban J connectivity index is 2.26. The minimum absolute atomic E-state index is 0.110. The van der Waals surface area contributed by atoms with Gasteiger partial charge in [-0.25, -0.2) is 0 Å². The molecule has 0 aliphatic rings. The quantitative estimate of drug-likeness (QED) is 0.660. The van der Waals surface area contributed by atoms with Gasteiger partial charge in [0.2, 0.25) is 0 Å². The molecule has 0 bridgehead atoms. The molecule has 2 aromatic carbocycles. The summed E-state index contributed by atoms with van der Waals surface area (Å²) in [4.78, 5) is 12.5. The molecule has 0 radical (unpaired) electrons. The smallest absolute Gasteiger partial charge is 0.267 e. The molecule has 0 aliphatic heterocycles. The molecule has 1 heterocycles. The summed E-state index contributed by atoms with van der Waals surface area (Å²) in [7, 11) is 0. The van der Waals surface area contributed by atoms with Gasteiger partial charge in [0.1, 0.15) is 0 Å². The number of rotatable bonds is 1. The van der Waals surface area contributed by atoms with Crippen molar-refractivity contribution < 1.29 is 13.2 Å². The zero-order valence-corrected chi connectivity index (χ0v) is 12.6. The lowest BCUT2D eigenvalue weighted by molar-refractivity contribution is -0.137. The van der Waals surface area contributed by atoms with Crippen molar-refractivity contribution >= 4 is 22.4 Å². The van der Waals surface area contributed by atoms with Crippen LogP contribution in [0.4, 0.5) is 13.2 Å². The molecule has 0 N–H and O–H groups in total. The van der Waals surface area contributed by atoms with Gasteiger partial charge in [-0.3, -0.25) is 4.79 Å². The Labute approximate surface area is 133 Å². The molecule has 0 amide bonds. The minimum atomic E-state index is -4.50. The number of nitrogens with zero attached hydrogens (tertiary/aromatic N) is 2. The number of alkyl halides is 3. The second-order valence-electron chi connectivity index (χ2n) is 5.01. The Kier molecular flexibility index (Phi) is 3.64. The van der Waals surface area contributed by atoms with Crippen molar-refractivity contribution in [3.8, 4) is 5.69 Å². The van der Waals surface area contributed by atoms with Crippen molar-refractivity contribution in [3.63, 3.8) is 0 Å². The first kappa shape index (κ1) is 15.6. The van der Waals surface area contributed by atoms with E-state index in [0.717, 1.165) is 22.9 Å². The van der Waals surface area contributed by atoms with E-state index in [4.69, 9.17) is 11.6 Å². The van der Waals surface area contributed by atoms with Crippen molar-refractivity contribution in [2.45, 2.75) is 13.1 Å². The maximum atomic E-state index is 12.7. The molecule has 3 nitrogen and oxygen atoms in total. The average Bonchev–Trinajstić information content (AvgIpc) is 2.50. The fraction of sp³-hybridized carbons (Fsp3) is 0.125. The van der Waals surface area contributed by atoms with Gasteiger partial charge in [0.05, 0.1) is 27.4 Å². The van der Waals surface area contributed by atoms with E-state index in [1.807, 2.05) is 0 Å².